The zero-order valence-electron chi connectivity index (χ0n) is 17.3. The predicted octanol–water partition coefficient (Wildman–Crippen LogP) is 2.56. The molecule has 0 heterocycles. The average molecular weight is 431 g/mol. The van der Waals surface area contributed by atoms with E-state index in [1.165, 1.54) is 0 Å². The van der Waals surface area contributed by atoms with Gasteiger partial charge in [-0.3, -0.25) is 4.18 Å². The summed E-state index contributed by atoms with van der Waals surface area (Å²) in [6.07, 6.45) is 0.538. The van der Waals surface area contributed by atoms with Crippen LogP contribution in [0.15, 0.2) is 30.3 Å². The van der Waals surface area contributed by atoms with Crippen molar-refractivity contribution in [1.29, 1.82) is 0 Å². The van der Waals surface area contributed by atoms with Gasteiger partial charge in [-0.05, 0) is 39.2 Å². The minimum atomic E-state index is -3.65. The highest BCUT2D eigenvalue weighted by atomic mass is 32.2. The van der Waals surface area contributed by atoms with E-state index in [-0.39, 0.29) is 13.2 Å². The molecule has 2 amide bonds. The van der Waals surface area contributed by atoms with Crippen molar-refractivity contribution in [3.8, 4) is 0 Å². The molecule has 1 unspecified atom stereocenters. The maximum atomic E-state index is 11.9. The average Bonchev–Trinajstić information content (AvgIpc) is 2.60. The fourth-order valence-corrected chi connectivity index (χ4v) is 2.60. The van der Waals surface area contributed by atoms with Gasteiger partial charge >= 0.3 is 12.2 Å². The first-order valence-electron chi connectivity index (χ1n) is 9.23. The standard InChI is InChI=1S/C19H30N2O7S/c1-19(2,3)28-18(23)21-16(14-27-29(4,24)25)11-8-12-20-17(22)26-13-15-9-6-5-7-10-15/h5-7,9-10,16H,8,11-14H2,1-4H3,(H,20,22)(H,21,23). The van der Waals surface area contributed by atoms with Gasteiger partial charge in [0.15, 0.2) is 0 Å². The Morgan fingerprint density at radius 2 is 1.76 bits per heavy atom. The smallest absolute Gasteiger partial charge is 0.407 e. The van der Waals surface area contributed by atoms with Crippen molar-refractivity contribution in [2.45, 2.75) is 51.9 Å². The molecular formula is C19H30N2O7S. The lowest BCUT2D eigenvalue weighted by Gasteiger charge is -2.23. The maximum Gasteiger partial charge on any atom is 0.407 e. The van der Waals surface area contributed by atoms with E-state index in [0.29, 0.717) is 19.4 Å². The van der Waals surface area contributed by atoms with Crippen LogP contribution in [0.25, 0.3) is 0 Å². The Morgan fingerprint density at radius 3 is 2.34 bits per heavy atom. The molecule has 0 aromatic heterocycles. The van der Waals surface area contributed by atoms with E-state index in [4.69, 9.17) is 13.7 Å². The normalized spacial score (nSPS) is 12.7. The molecule has 9 nitrogen and oxygen atoms in total. The Kier molecular flexibility index (Phi) is 9.90. The highest BCUT2D eigenvalue weighted by molar-refractivity contribution is 7.85. The third-order valence-electron chi connectivity index (χ3n) is 3.42. The number of benzene rings is 1. The number of hydrogen-bond donors (Lipinski definition) is 2. The fourth-order valence-electron chi connectivity index (χ4n) is 2.19. The molecule has 1 aromatic rings. The number of hydrogen-bond acceptors (Lipinski definition) is 7. The minimum absolute atomic E-state index is 0.164. The number of carbonyl (C=O) groups excluding carboxylic acids is 2. The van der Waals surface area contributed by atoms with Crippen molar-refractivity contribution in [1.82, 2.24) is 10.6 Å². The number of carbonyl (C=O) groups is 2. The lowest BCUT2D eigenvalue weighted by atomic mass is 10.1. The van der Waals surface area contributed by atoms with Gasteiger partial charge < -0.3 is 20.1 Å². The van der Waals surface area contributed by atoms with E-state index in [0.717, 1.165) is 11.8 Å². The molecule has 0 radical (unpaired) electrons. The first kappa shape index (κ1) is 24.7. The summed E-state index contributed by atoms with van der Waals surface area (Å²) in [4.78, 5) is 23.7. The third kappa shape index (κ3) is 13.5. The summed E-state index contributed by atoms with van der Waals surface area (Å²) in [6.45, 7) is 5.39. The van der Waals surface area contributed by atoms with Crippen molar-refractivity contribution in [2.75, 3.05) is 19.4 Å². The highest BCUT2D eigenvalue weighted by Gasteiger charge is 2.20. The summed E-state index contributed by atoms with van der Waals surface area (Å²) in [7, 11) is -3.65. The van der Waals surface area contributed by atoms with E-state index in [2.05, 4.69) is 10.6 Å². The molecular weight excluding hydrogens is 400 g/mol. The Morgan fingerprint density at radius 1 is 1.10 bits per heavy atom. The number of ether oxygens (including phenoxy) is 2. The molecule has 10 heteroatoms. The third-order valence-corrected chi connectivity index (χ3v) is 3.98. The maximum absolute atomic E-state index is 11.9. The van der Waals surface area contributed by atoms with Crippen LogP contribution in [0.5, 0.6) is 0 Å². The first-order chi connectivity index (χ1) is 13.4. The van der Waals surface area contributed by atoms with Crippen molar-refractivity contribution >= 4 is 22.3 Å². The topological polar surface area (TPSA) is 120 Å². The molecule has 1 rings (SSSR count). The van der Waals surface area contributed by atoms with Gasteiger partial charge in [0.1, 0.15) is 12.2 Å². The molecule has 1 atom stereocenters. The molecule has 0 saturated heterocycles. The number of alkyl carbamates (subject to hydrolysis) is 2. The highest BCUT2D eigenvalue weighted by Crippen LogP contribution is 2.08. The summed E-state index contributed by atoms with van der Waals surface area (Å²) in [6, 6.07) is 8.68. The van der Waals surface area contributed by atoms with E-state index in [9.17, 15) is 18.0 Å². The quantitative estimate of drug-likeness (QED) is 0.432. The number of rotatable bonds is 10. The largest absolute Gasteiger partial charge is 0.445 e. The van der Waals surface area contributed by atoms with Gasteiger partial charge in [-0.2, -0.15) is 8.42 Å². The number of nitrogens with one attached hydrogen (secondary N) is 2. The van der Waals surface area contributed by atoms with Gasteiger partial charge in [-0.1, -0.05) is 30.3 Å². The minimum Gasteiger partial charge on any atom is -0.445 e. The van der Waals surface area contributed by atoms with Crippen LogP contribution in [0.3, 0.4) is 0 Å². The molecule has 1 aromatic carbocycles. The molecule has 0 aliphatic rings. The van der Waals surface area contributed by atoms with Gasteiger partial charge in [0.25, 0.3) is 10.1 Å². The van der Waals surface area contributed by atoms with Gasteiger partial charge in [0.2, 0.25) is 0 Å². The van der Waals surface area contributed by atoms with Crippen molar-refractivity contribution in [2.24, 2.45) is 0 Å². The summed E-state index contributed by atoms with van der Waals surface area (Å²) < 4.78 is 37.5. The molecule has 0 saturated carbocycles. The van der Waals surface area contributed by atoms with Crippen molar-refractivity contribution < 1.29 is 31.7 Å². The van der Waals surface area contributed by atoms with E-state index in [1.54, 1.807) is 20.8 Å². The first-order valence-corrected chi connectivity index (χ1v) is 11.0. The van der Waals surface area contributed by atoms with E-state index in [1.807, 2.05) is 30.3 Å². The predicted molar refractivity (Wildman–Crippen MR) is 108 cm³/mol. The van der Waals surface area contributed by atoms with Crippen LogP contribution >= 0.6 is 0 Å². The summed E-state index contributed by atoms with van der Waals surface area (Å²) in [5, 5.41) is 5.19. The van der Waals surface area contributed by atoms with E-state index >= 15 is 0 Å². The molecule has 0 spiro atoms. The summed E-state index contributed by atoms with van der Waals surface area (Å²) in [5.74, 6) is 0. The van der Waals surface area contributed by atoms with Crippen LogP contribution in [0.1, 0.15) is 39.2 Å². The van der Waals surface area contributed by atoms with Crippen LogP contribution in [-0.4, -0.2) is 51.7 Å². The van der Waals surface area contributed by atoms with Crippen LogP contribution in [0.2, 0.25) is 0 Å². The lowest BCUT2D eigenvalue weighted by molar-refractivity contribution is 0.0484. The monoisotopic (exact) mass is 430 g/mol. The van der Waals surface area contributed by atoms with Crippen molar-refractivity contribution in [3.05, 3.63) is 35.9 Å². The zero-order valence-corrected chi connectivity index (χ0v) is 18.1. The van der Waals surface area contributed by atoms with Crippen LogP contribution in [0.4, 0.5) is 9.59 Å². The molecule has 164 valence electrons. The Hall–Kier alpha value is -2.33. The second-order valence-corrected chi connectivity index (χ2v) is 9.11. The van der Waals surface area contributed by atoms with Gasteiger partial charge in [-0.25, -0.2) is 9.59 Å². The SMILES string of the molecule is CC(C)(C)OC(=O)NC(CCCNC(=O)OCc1ccccc1)COS(C)(=O)=O. The van der Waals surface area contributed by atoms with Gasteiger partial charge in [0, 0.05) is 6.54 Å². The molecule has 0 bridgehead atoms. The van der Waals surface area contributed by atoms with Crippen LogP contribution < -0.4 is 10.6 Å². The summed E-state index contributed by atoms with van der Waals surface area (Å²) in [5.41, 5.74) is 0.193. The lowest BCUT2D eigenvalue weighted by Crippen LogP contribution is -2.42. The summed E-state index contributed by atoms with van der Waals surface area (Å²) >= 11 is 0. The zero-order chi connectivity index (χ0) is 21.9. The molecule has 0 fully saturated rings. The van der Waals surface area contributed by atoms with E-state index < -0.39 is 33.9 Å². The Labute approximate surface area is 172 Å². The van der Waals surface area contributed by atoms with Crippen LogP contribution in [0, 0.1) is 0 Å². The van der Waals surface area contributed by atoms with Crippen LogP contribution in [-0.2, 0) is 30.4 Å². The van der Waals surface area contributed by atoms with Gasteiger partial charge in [-0.15, -0.1) is 0 Å². The molecule has 0 aliphatic heterocycles. The Balaban J connectivity index is 2.39. The van der Waals surface area contributed by atoms with Crippen molar-refractivity contribution in [3.63, 3.8) is 0 Å². The molecule has 2 N–H and O–H groups in total. The Bertz CT molecular complexity index is 746. The van der Waals surface area contributed by atoms with Gasteiger partial charge in [0.05, 0.1) is 18.9 Å². The second kappa shape index (κ2) is 11.6. The molecule has 29 heavy (non-hydrogen) atoms. The fraction of sp³-hybridized carbons (Fsp3) is 0.579. The second-order valence-electron chi connectivity index (χ2n) is 7.46. The molecule has 0 aliphatic carbocycles. The number of amides is 2.